The number of anilines is 2. The molecule has 4 N–H and O–H groups in total. The molecule has 0 aliphatic rings. The molecule has 4 heterocycles. The van der Waals surface area contributed by atoms with Crippen LogP contribution in [0.15, 0.2) is 85.7 Å². The maximum Gasteiger partial charge on any atom is 0.356 e. The molecular weight excluding hydrogens is 793 g/mol. The molecule has 0 saturated carbocycles. The van der Waals surface area contributed by atoms with Gasteiger partial charge in [0.2, 0.25) is 0 Å². The Morgan fingerprint density at radius 2 is 1.24 bits per heavy atom. The van der Waals surface area contributed by atoms with E-state index in [0.717, 1.165) is 38.8 Å². The van der Waals surface area contributed by atoms with Crippen molar-refractivity contribution in [1.82, 2.24) is 29.9 Å². The number of hydrogen-bond acceptors (Lipinski definition) is 9. The molecule has 0 aliphatic heterocycles. The number of hydrogen-bond donors (Lipinski definition) is 3. The molecule has 4 aromatic heterocycles. The molecule has 0 fully saturated rings. The number of carbonyl (C=O) groups excluding carboxylic acids is 1. The van der Waals surface area contributed by atoms with Crippen molar-refractivity contribution >= 4 is 53.4 Å². The molecule has 45 heavy (non-hydrogen) atoms. The monoisotopic (exact) mass is 826 g/mol. The Bertz CT molecular complexity index is 1910. The predicted octanol–water partition coefficient (Wildman–Crippen LogP) is 4.85. The number of nitrogens with two attached hydrogens (primary N) is 1. The third-order valence-electron chi connectivity index (χ3n) is 5.99. The number of amides is 1. The first-order valence-corrected chi connectivity index (χ1v) is 13.2. The summed E-state index contributed by atoms with van der Waals surface area (Å²) in [6.07, 6.45) is 9.16. The predicted molar refractivity (Wildman–Crippen MR) is 173 cm³/mol. The first-order chi connectivity index (χ1) is 21.6. The molecule has 0 spiro atoms. The van der Waals surface area contributed by atoms with E-state index in [9.17, 15) is 9.59 Å². The second-order valence-corrected chi connectivity index (χ2v) is 9.66. The maximum absolute atomic E-state index is 12.2. The second kappa shape index (κ2) is 16.9. The molecule has 1 amide bonds. The van der Waals surface area contributed by atoms with E-state index >= 15 is 0 Å². The molecule has 0 bridgehead atoms. The van der Waals surface area contributed by atoms with Crippen molar-refractivity contribution in [3.63, 3.8) is 0 Å². The minimum absolute atomic E-state index is 0. The van der Waals surface area contributed by atoms with Gasteiger partial charge in [-0.25, -0.2) is 14.8 Å². The number of aromatic carboxylic acids is 1. The number of carboxylic acid groups (broad SMARTS) is 1. The number of aromatic nitrogens is 6. The van der Waals surface area contributed by atoms with Gasteiger partial charge in [-0.2, -0.15) is 0 Å². The smallest absolute Gasteiger partial charge is 0.356 e. The van der Waals surface area contributed by atoms with Crippen molar-refractivity contribution in [1.29, 1.82) is 1.34 Å². The molecule has 2 aromatic carbocycles. The van der Waals surface area contributed by atoms with Crippen molar-refractivity contribution in [2.45, 2.75) is 27.7 Å². The van der Waals surface area contributed by atoms with Crippen LogP contribution in [0.2, 0.25) is 0 Å². The fourth-order valence-corrected chi connectivity index (χ4v) is 4.01. The minimum Gasteiger partial charge on any atom is -0.476 e. The number of pyridine rings is 2. The average molecular weight is 827 g/mol. The van der Waals surface area contributed by atoms with Gasteiger partial charge in [0.25, 0.3) is 5.91 Å². The molecule has 13 heteroatoms. The van der Waals surface area contributed by atoms with Crippen LogP contribution in [0.3, 0.4) is 0 Å². The van der Waals surface area contributed by atoms with Gasteiger partial charge in [0.1, 0.15) is 5.69 Å². The average Bonchev–Trinajstić information content (AvgIpc) is 3.03. The summed E-state index contributed by atoms with van der Waals surface area (Å²) >= 11 is 0. The molecular formula is C32H31BN8O3U. The third kappa shape index (κ3) is 10.2. The summed E-state index contributed by atoms with van der Waals surface area (Å²) in [5.74, 6) is -1.34. The number of aryl methyl sites for hydroxylation is 4. The van der Waals surface area contributed by atoms with Crippen molar-refractivity contribution < 1.29 is 45.8 Å². The second-order valence-electron chi connectivity index (χ2n) is 9.66. The number of nitrogen functional groups attached to an aromatic ring is 1. The SMILES string of the molecule is Cc1cc(N)c2ncccc2c1.Cc1cc(NC(=O)c2cnc(C)cn2)c2ncccc2c1.Cc1cnc(C(=O)O)cn1.[3H][B].[U]. The third-order valence-corrected chi connectivity index (χ3v) is 5.99. The van der Waals surface area contributed by atoms with Crippen LogP contribution in [0, 0.1) is 58.8 Å². The number of benzene rings is 2. The van der Waals surface area contributed by atoms with E-state index in [1.807, 2.05) is 63.2 Å². The van der Waals surface area contributed by atoms with Crippen LogP contribution in [0.1, 0.15) is 43.5 Å². The topological polar surface area (TPSA) is 170 Å². The molecule has 224 valence electrons. The summed E-state index contributed by atoms with van der Waals surface area (Å²) in [4.78, 5) is 46.5. The fourth-order valence-electron chi connectivity index (χ4n) is 4.01. The Balaban J connectivity index is 0.000000251. The van der Waals surface area contributed by atoms with E-state index in [4.69, 9.17) is 12.2 Å². The fraction of sp³-hybridized carbons (Fsp3) is 0.125. The summed E-state index contributed by atoms with van der Waals surface area (Å²) in [5.41, 5.74) is 12.9. The standard InChI is InChI=1S/C16H14N4O.C10H10N2.C6H6N2O2.BH.U/c1-10-6-12-4-3-5-17-15(12)13(7-10)20-16(21)14-9-18-11(2)8-19-14;1-7-5-8-3-2-4-12-10(8)9(11)6-7;1-4-2-8-5(3-7-4)6(9)10;;/h3-9H,1-2H3,(H,20,21);2-6H,11H2,1H3;2-3H,1H3,(H,9,10);1H;/i;;;1T;. The van der Waals surface area contributed by atoms with E-state index in [2.05, 4.69) is 49.7 Å². The number of carboxylic acids is 1. The molecule has 11 nitrogen and oxygen atoms in total. The minimum atomic E-state index is -1.05. The van der Waals surface area contributed by atoms with Crippen LogP contribution in [-0.2, 0) is 0 Å². The van der Waals surface area contributed by atoms with Crippen LogP contribution in [0.25, 0.3) is 21.8 Å². The number of nitrogens with zero attached hydrogens (tertiary/aromatic N) is 6. The van der Waals surface area contributed by atoms with E-state index in [1.54, 1.807) is 25.5 Å². The summed E-state index contributed by atoms with van der Waals surface area (Å²) in [7, 11) is 3.75. The zero-order valence-electron chi connectivity index (χ0n) is 26.2. The summed E-state index contributed by atoms with van der Waals surface area (Å²) in [6.45, 7) is 7.59. The van der Waals surface area contributed by atoms with Gasteiger partial charge < -0.3 is 16.2 Å². The summed E-state index contributed by atoms with van der Waals surface area (Å²) in [6, 6.07) is 15.7. The van der Waals surface area contributed by atoms with Crippen LogP contribution >= 0.6 is 0 Å². The van der Waals surface area contributed by atoms with Gasteiger partial charge in [-0.3, -0.25) is 24.7 Å². The largest absolute Gasteiger partial charge is 0.476 e. The Morgan fingerprint density at radius 1 is 0.733 bits per heavy atom. The van der Waals surface area contributed by atoms with Gasteiger partial charge in [-0.1, -0.05) is 12.1 Å². The van der Waals surface area contributed by atoms with Gasteiger partial charge >= 0.3 is 5.97 Å². The van der Waals surface area contributed by atoms with Crippen LogP contribution in [0.5, 0.6) is 0 Å². The zero-order chi connectivity index (χ0) is 32.9. The Labute approximate surface area is 287 Å². The van der Waals surface area contributed by atoms with Crippen LogP contribution < -0.4 is 11.1 Å². The van der Waals surface area contributed by atoms with Crippen molar-refractivity contribution in [2.75, 3.05) is 11.1 Å². The first kappa shape index (κ1) is 34.8. The molecule has 0 aliphatic carbocycles. The normalized spacial score (nSPS) is 9.91. The van der Waals surface area contributed by atoms with Gasteiger partial charge in [0.05, 0.1) is 46.2 Å². The van der Waals surface area contributed by atoms with Gasteiger partial charge in [-0.15, -0.1) is 0 Å². The molecule has 2 radical (unpaired) electrons. The number of fused-ring (bicyclic) bond motifs is 2. The molecule has 6 aromatic rings. The molecule has 0 atom stereocenters. The van der Waals surface area contributed by atoms with Gasteiger partial charge in [0.15, 0.2) is 5.69 Å². The zero-order valence-corrected chi connectivity index (χ0v) is 29.3. The summed E-state index contributed by atoms with van der Waals surface area (Å²) in [5, 5.41) is 13.3. The van der Waals surface area contributed by atoms with E-state index in [0.29, 0.717) is 11.4 Å². The Kier molecular flexibility index (Phi) is 13.1. The maximum atomic E-state index is 12.2. The quantitative estimate of drug-likeness (QED) is 0.166. The number of carbonyl (C=O) groups is 2. The first-order valence-electron chi connectivity index (χ1n) is 13.8. The van der Waals surface area contributed by atoms with E-state index < -0.39 is 5.97 Å². The number of rotatable bonds is 3. The van der Waals surface area contributed by atoms with E-state index in [1.165, 1.54) is 24.2 Å². The van der Waals surface area contributed by atoms with Gasteiger partial charge in [-0.05, 0) is 76.6 Å². The van der Waals surface area contributed by atoms with Crippen LogP contribution in [-0.4, -0.2) is 56.6 Å². The Morgan fingerprint density at radius 3 is 1.78 bits per heavy atom. The summed E-state index contributed by atoms with van der Waals surface area (Å²) < 4.78 is 5.25. The van der Waals surface area contributed by atoms with E-state index in [-0.39, 0.29) is 48.4 Å². The van der Waals surface area contributed by atoms with Crippen molar-refractivity contribution in [3.05, 3.63) is 120 Å². The number of nitrogens with one attached hydrogen (secondary N) is 1. The van der Waals surface area contributed by atoms with Crippen molar-refractivity contribution in [2.24, 2.45) is 0 Å². The molecule has 6 rings (SSSR count). The van der Waals surface area contributed by atoms with Crippen LogP contribution in [0.4, 0.5) is 11.4 Å². The van der Waals surface area contributed by atoms with Gasteiger partial charge in [0, 0.05) is 75.0 Å². The van der Waals surface area contributed by atoms with Crippen molar-refractivity contribution in [3.8, 4) is 0 Å². The Hall–Kier alpha value is -4.72. The molecule has 0 unspecified atom stereocenters. The molecule has 0 saturated heterocycles.